The molecule has 0 fully saturated rings. The fraction of sp³-hybridized carbons (Fsp3) is 0.250. The third-order valence-electron chi connectivity index (χ3n) is 3.62. The van der Waals surface area contributed by atoms with E-state index in [4.69, 9.17) is 5.11 Å². The topological polar surface area (TPSA) is 112 Å². The third-order valence-corrected chi connectivity index (χ3v) is 5.58. The number of H-pyrrole nitrogens is 1. The Morgan fingerprint density at radius 2 is 2.04 bits per heavy atom. The number of hydrogen-bond donors (Lipinski definition) is 3. The lowest BCUT2D eigenvalue weighted by Gasteiger charge is -2.12. The van der Waals surface area contributed by atoms with Gasteiger partial charge in [0.05, 0.1) is 16.5 Å². The van der Waals surface area contributed by atoms with Crippen LogP contribution in [0.2, 0.25) is 0 Å². The molecule has 1 aliphatic heterocycles. The molecule has 0 radical (unpaired) electrons. The molecule has 0 bridgehead atoms. The molecule has 1 unspecified atom stereocenters. The van der Waals surface area contributed by atoms with Crippen molar-refractivity contribution in [1.29, 1.82) is 0 Å². The Labute approximate surface area is 151 Å². The van der Waals surface area contributed by atoms with Gasteiger partial charge in [-0.3, -0.25) is 9.59 Å². The summed E-state index contributed by atoms with van der Waals surface area (Å²) in [6.07, 6.45) is 0. The fourth-order valence-electron chi connectivity index (χ4n) is 2.26. The molecule has 3 N–H and O–H groups in total. The molecule has 0 spiro atoms. The van der Waals surface area contributed by atoms with Crippen LogP contribution in [0, 0.1) is 0 Å². The van der Waals surface area contributed by atoms with Crippen LogP contribution in [0.25, 0.3) is 0 Å². The SMILES string of the molecule is CC(Sc1nc2c(c(=O)[nH]1)CSC2)C(=O)Nc1ccc(C(=O)O)cc1. The predicted octanol–water partition coefficient (Wildman–Crippen LogP) is 2.33. The molecule has 1 aliphatic rings. The Hall–Kier alpha value is -2.26. The van der Waals surface area contributed by atoms with Gasteiger partial charge < -0.3 is 15.4 Å². The molecule has 1 aromatic carbocycles. The van der Waals surface area contributed by atoms with Gasteiger partial charge in [0, 0.05) is 22.8 Å². The summed E-state index contributed by atoms with van der Waals surface area (Å²) in [4.78, 5) is 42.2. The molecule has 0 saturated heterocycles. The average Bonchev–Trinajstić information content (AvgIpc) is 3.04. The normalized spacial score (nSPS) is 14.0. The highest BCUT2D eigenvalue weighted by Gasteiger charge is 2.21. The van der Waals surface area contributed by atoms with Crippen molar-refractivity contribution in [3.8, 4) is 0 Å². The largest absolute Gasteiger partial charge is 0.478 e. The van der Waals surface area contributed by atoms with Gasteiger partial charge in [-0.2, -0.15) is 11.8 Å². The smallest absolute Gasteiger partial charge is 0.335 e. The van der Waals surface area contributed by atoms with Crippen molar-refractivity contribution in [3.63, 3.8) is 0 Å². The van der Waals surface area contributed by atoms with Crippen molar-refractivity contribution in [2.45, 2.75) is 28.8 Å². The minimum atomic E-state index is -1.02. The number of thioether (sulfide) groups is 2. The van der Waals surface area contributed by atoms with Crippen LogP contribution in [0.5, 0.6) is 0 Å². The maximum atomic E-state index is 12.3. The van der Waals surface area contributed by atoms with Gasteiger partial charge in [-0.1, -0.05) is 11.8 Å². The van der Waals surface area contributed by atoms with Gasteiger partial charge in [-0.25, -0.2) is 9.78 Å². The van der Waals surface area contributed by atoms with Crippen molar-refractivity contribution in [1.82, 2.24) is 9.97 Å². The van der Waals surface area contributed by atoms with Crippen LogP contribution in [-0.2, 0) is 16.3 Å². The summed E-state index contributed by atoms with van der Waals surface area (Å²) in [6.45, 7) is 1.72. The third kappa shape index (κ3) is 4.05. The Morgan fingerprint density at radius 3 is 2.72 bits per heavy atom. The second-order valence-corrected chi connectivity index (χ2v) is 7.74. The number of nitrogens with zero attached hydrogens (tertiary/aromatic N) is 1. The molecule has 2 aromatic rings. The number of carbonyl (C=O) groups is 2. The van der Waals surface area contributed by atoms with Gasteiger partial charge in [-0.05, 0) is 31.2 Å². The first-order valence-electron chi connectivity index (χ1n) is 7.44. The molecule has 130 valence electrons. The van der Waals surface area contributed by atoms with Crippen LogP contribution in [0.3, 0.4) is 0 Å². The van der Waals surface area contributed by atoms with Gasteiger partial charge in [-0.15, -0.1) is 0 Å². The Morgan fingerprint density at radius 1 is 1.32 bits per heavy atom. The molecule has 1 atom stereocenters. The Kier molecular flexibility index (Phi) is 5.14. The van der Waals surface area contributed by atoms with E-state index in [1.807, 2.05) is 0 Å². The zero-order valence-electron chi connectivity index (χ0n) is 13.2. The molecule has 0 saturated carbocycles. The summed E-state index contributed by atoms with van der Waals surface area (Å²) in [5.41, 5.74) is 2.01. The van der Waals surface area contributed by atoms with Gasteiger partial charge in [0.2, 0.25) is 5.91 Å². The summed E-state index contributed by atoms with van der Waals surface area (Å²) in [5.74, 6) is 0.103. The number of rotatable bonds is 5. The minimum absolute atomic E-state index is 0.144. The highest BCUT2D eigenvalue weighted by molar-refractivity contribution is 8.00. The minimum Gasteiger partial charge on any atom is -0.478 e. The molecule has 2 heterocycles. The summed E-state index contributed by atoms with van der Waals surface area (Å²) < 4.78 is 0. The number of aromatic carboxylic acids is 1. The van der Waals surface area contributed by atoms with Crippen molar-refractivity contribution >= 4 is 41.1 Å². The van der Waals surface area contributed by atoms with Gasteiger partial charge >= 0.3 is 5.97 Å². The quantitative estimate of drug-likeness (QED) is 0.541. The number of carboxylic acid groups (broad SMARTS) is 1. The molecule has 1 aromatic heterocycles. The average molecular weight is 377 g/mol. The van der Waals surface area contributed by atoms with E-state index >= 15 is 0 Å². The summed E-state index contributed by atoms with van der Waals surface area (Å²) in [7, 11) is 0. The molecule has 7 nitrogen and oxygen atoms in total. The van der Waals surface area contributed by atoms with E-state index in [2.05, 4.69) is 15.3 Å². The van der Waals surface area contributed by atoms with Crippen molar-refractivity contribution < 1.29 is 14.7 Å². The lowest BCUT2D eigenvalue weighted by Crippen LogP contribution is -2.23. The van der Waals surface area contributed by atoms with Crippen molar-refractivity contribution in [3.05, 3.63) is 51.4 Å². The first-order chi connectivity index (χ1) is 11.9. The molecular formula is C16H15N3O4S2. The summed E-state index contributed by atoms with van der Waals surface area (Å²) in [6, 6.07) is 5.91. The maximum absolute atomic E-state index is 12.3. The van der Waals surface area contributed by atoms with Crippen LogP contribution in [-0.4, -0.2) is 32.2 Å². The van der Waals surface area contributed by atoms with Gasteiger partial charge in [0.15, 0.2) is 5.16 Å². The number of carbonyl (C=O) groups excluding carboxylic acids is 1. The van der Waals surface area contributed by atoms with E-state index < -0.39 is 11.2 Å². The molecule has 3 rings (SSSR count). The number of fused-ring (bicyclic) bond motifs is 1. The van der Waals surface area contributed by atoms with E-state index in [-0.39, 0.29) is 17.0 Å². The van der Waals surface area contributed by atoms with E-state index in [1.165, 1.54) is 36.0 Å². The number of nitrogens with one attached hydrogen (secondary N) is 2. The summed E-state index contributed by atoms with van der Waals surface area (Å²) in [5, 5.41) is 11.5. The van der Waals surface area contributed by atoms with Crippen LogP contribution in [0.1, 0.15) is 28.5 Å². The van der Waals surface area contributed by atoms with Gasteiger partial charge in [0.25, 0.3) is 5.56 Å². The van der Waals surface area contributed by atoms with Crippen LogP contribution in [0.15, 0.2) is 34.2 Å². The predicted molar refractivity (Wildman–Crippen MR) is 97.2 cm³/mol. The summed E-state index contributed by atoms with van der Waals surface area (Å²) >= 11 is 2.82. The van der Waals surface area contributed by atoms with Crippen LogP contribution < -0.4 is 10.9 Å². The zero-order valence-corrected chi connectivity index (χ0v) is 14.9. The number of carboxylic acids is 1. The second kappa shape index (κ2) is 7.32. The van der Waals surface area contributed by atoms with E-state index in [0.717, 1.165) is 5.69 Å². The first kappa shape index (κ1) is 17.6. The number of anilines is 1. The zero-order chi connectivity index (χ0) is 18.0. The van der Waals surface area contributed by atoms with Gasteiger partial charge in [0.1, 0.15) is 0 Å². The van der Waals surface area contributed by atoms with E-state index in [9.17, 15) is 14.4 Å². The maximum Gasteiger partial charge on any atom is 0.335 e. The number of aromatic amines is 1. The molecule has 25 heavy (non-hydrogen) atoms. The highest BCUT2D eigenvalue weighted by atomic mass is 32.2. The number of benzene rings is 1. The van der Waals surface area contributed by atoms with Crippen molar-refractivity contribution in [2.24, 2.45) is 0 Å². The highest BCUT2D eigenvalue weighted by Crippen LogP contribution is 2.28. The molecule has 1 amide bonds. The van der Waals surface area contributed by atoms with E-state index in [1.54, 1.807) is 18.7 Å². The second-order valence-electron chi connectivity index (χ2n) is 5.42. The lowest BCUT2D eigenvalue weighted by molar-refractivity contribution is -0.115. The van der Waals surface area contributed by atoms with Crippen LogP contribution in [0.4, 0.5) is 5.69 Å². The monoisotopic (exact) mass is 377 g/mol. The van der Waals surface area contributed by atoms with Crippen molar-refractivity contribution in [2.75, 3.05) is 5.32 Å². The lowest BCUT2D eigenvalue weighted by atomic mass is 10.2. The molecule has 9 heteroatoms. The standard InChI is InChI=1S/C16H15N3O4S2/c1-8(13(20)17-10-4-2-9(3-5-10)15(22)23)25-16-18-12-7-24-6-11(12)14(21)19-16/h2-5,8H,6-7H2,1H3,(H,17,20)(H,22,23)(H,18,19,21). The molecule has 0 aliphatic carbocycles. The number of hydrogen-bond acceptors (Lipinski definition) is 6. The molecular weight excluding hydrogens is 362 g/mol. The van der Waals surface area contributed by atoms with E-state index in [0.29, 0.717) is 27.9 Å². The fourth-order valence-corrected chi connectivity index (χ4v) is 4.11. The number of aromatic nitrogens is 2. The van der Waals surface area contributed by atoms with Crippen LogP contribution >= 0.6 is 23.5 Å². The number of amides is 1. The Bertz CT molecular complexity index is 880. The first-order valence-corrected chi connectivity index (χ1v) is 9.48. The Balaban J connectivity index is 1.66.